The monoisotopic (exact) mass is 309 g/mol. The maximum Gasteiger partial charge on any atom is 0.337 e. The van der Waals surface area contributed by atoms with Gasteiger partial charge in [-0.3, -0.25) is 9.40 Å². The lowest BCUT2D eigenvalue weighted by molar-refractivity contribution is 0.0698. The second-order valence-electron chi connectivity index (χ2n) is 4.76. The molecule has 0 radical (unpaired) electrons. The first-order valence-corrected chi connectivity index (χ1v) is 7.55. The molecule has 112 valence electrons. The molecule has 0 atom stereocenters. The summed E-state index contributed by atoms with van der Waals surface area (Å²) in [5.74, 6) is -1.19. The molecular formula is C13H15N3O4S. The van der Waals surface area contributed by atoms with Gasteiger partial charge in [-0.25, -0.2) is 13.2 Å². The van der Waals surface area contributed by atoms with Crippen LogP contribution in [0.1, 0.15) is 21.5 Å². The van der Waals surface area contributed by atoms with Crippen LogP contribution in [0.3, 0.4) is 0 Å². The molecule has 0 aliphatic carbocycles. The third-order valence-corrected chi connectivity index (χ3v) is 4.24. The molecule has 0 saturated carbocycles. The molecule has 2 rings (SSSR count). The van der Waals surface area contributed by atoms with Gasteiger partial charge in [0, 0.05) is 13.2 Å². The van der Waals surface area contributed by atoms with Crippen LogP contribution in [0.25, 0.3) is 0 Å². The molecule has 7 nitrogen and oxygen atoms in total. The summed E-state index contributed by atoms with van der Waals surface area (Å²) in [5.41, 5.74) is 1.27. The molecule has 0 unspecified atom stereocenters. The van der Waals surface area contributed by atoms with E-state index in [0.717, 1.165) is 5.56 Å². The number of hydrogen-bond acceptors (Lipinski definition) is 4. The Bertz CT molecular complexity index is 809. The maximum atomic E-state index is 12.3. The Morgan fingerprint density at radius 3 is 2.52 bits per heavy atom. The highest BCUT2D eigenvalue weighted by molar-refractivity contribution is 7.92. The molecule has 8 heteroatoms. The molecule has 0 aliphatic heterocycles. The normalized spacial score (nSPS) is 11.4. The topological polar surface area (TPSA) is 101 Å². The smallest absolute Gasteiger partial charge is 0.337 e. The number of rotatable bonds is 4. The van der Waals surface area contributed by atoms with E-state index in [2.05, 4.69) is 9.82 Å². The van der Waals surface area contributed by atoms with Crippen molar-refractivity contribution in [3.8, 4) is 0 Å². The SMILES string of the molecule is Cc1cc(C)c(NS(=O)(=O)c2cnn(C)c2)c(C(=O)O)c1. The van der Waals surface area contributed by atoms with Crippen LogP contribution < -0.4 is 4.72 Å². The molecule has 0 aliphatic rings. The lowest BCUT2D eigenvalue weighted by atomic mass is 10.0. The van der Waals surface area contributed by atoms with Gasteiger partial charge in [-0.05, 0) is 31.0 Å². The summed E-state index contributed by atoms with van der Waals surface area (Å²) >= 11 is 0. The van der Waals surface area contributed by atoms with E-state index in [1.165, 1.54) is 23.1 Å². The highest BCUT2D eigenvalue weighted by Crippen LogP contribution is 2.25. The van der Waals surface area contributed by atoms with Crippen molar-refractivity contribution in [2.45, 2.75) is 18.7 Å². The van der Waals surface area contributed by atoms with Crippen molar-refractivity contribution in [2.75, 3.05) is 4.72 Å². The molecule has 1 aromatic heterocycles. The van der Waals surface area contributed by atoms with Crippen LogP contribution >= 0.6 is 0 Å². The molecule has 2 aromatic rings. The zero-order valence-corrected chi connectivity index (χ0v) is 12.6. The molecule has 0 saturated heterocycles. The largest absolute Gasteiger partial charge is 0.478 e. The number of anilines is 1. The van der Waals surface area contributed by atoms with E-state index in [-0.39, 0.29) is 16.1 Å². The number of aryl methyl sites for hydroxylation is 3. The van der Waals surface area contributed by atoms with Crippen LogP contribution in [0.4, 0.5) is 5.69 Å². The van der Waals surface area contributed by atoms with Crippen LogP contribution in [-0.2, 0) is 17.1 Å². The van der Waals surface area contributed by atoms with Gasteiger partial charge in [0.1, 0.15) is 4.90 Å². The van der Waals surface area contributed by atoms with Gasteiger partial charge in [-0.15, -0.1) is 0 Å². The van der Waals surface area contributed by atoms with Crippen LogP contribution in [0.5, 0.6) is 0 Å². The molecule has 2 N–H and O–H groups in total. The average Bonchev–Trinajstić information content (AvgIpc) is 2.79. The molecule has 21 heavy (non-hydrogen) atoms. The zero-order chi connectivity index (χ0) is 15.8. The van der Waals surface area contributed by atoms with E-state index in [1.807, 2.05) is 0 Å². The predicted molar refractivity (Wildman–Crippen MR) is 76.9 cm³/mol. The average molecular weight is 309 g/mol. The maximum absolute atomic E-state index is 12.3. The van der Waals surface area contributed by atoms with Gasteiger partial charge in [-0.1, -0.05) is 6.07 Å². The number of sulfonamides is 1. The second kappa shape index (κ2) is 5.21. The Hall–Kier alpha value is -2.35. The minimum absolute atomic E-state index is 0.0266. The minimum Gasteiger partial charge on any atom is -0.478 e. The van der Waals surface area contributed by atoms with E-state index in [0.29, 0.717) is 5.56 Å². The summed E-state index contributed by atoms with van der Waals surface area (Å²) in [7, 11) is -2.28. The molecule has 0 fully saturated rings. The molecule has 1 heterocycles. The summed E-state index contributed by atoms with van der Waals surface area (Å²) in [5, 5.41) is 13.0. The van der Waals surface area contributed by atoms with Crippen LogP contribution in [0, 0.1) is 13.8 Å². The van der Waals surface area contributed by atoms with Gasteiger partial charge < -0.3 is 5.11 Å². The van der Waals surface area contributed by atoms with Gasteiger partial charge in [0.15, 0.2) is 0 Å². The van der Waals surface area contributed by atoms with Gasteiger partial charge >= 0.3 is 5.97 Å². The summed E-state index contributed by atoms with van der Waals surface area (Å²) in [4.78, 5) is 11.3. The summed E-state index contributed by atoms with van der Waals surface area (Å²) < 4.78 is 28.2. The first-order valence-electron chi connectivity index (χ1n) is 6.06. The van der Waals surface area contributed by atoms with Crippen LogP contribution in [-0.4, -0.2) is 29.3 Å². The first kappa shape index (κ1) is 15.0. The number of carboxylic acids is 1. The van der Waals surface area contributed by atoms with Crippen molar-refractivity contribution in [1.82, 2.24) is 9.78 Å². The zero-order valence-electron chi connectivity index (χ0n) is 11.8. The van der Waals surface area contributed by atoms with Crippen molar-refractivity contribution in [1.29, 1.82) is 0 Å². The van der Waals surface area contributed by atoms with Gasteiger partial charge in [0.05, 0.1) is 17.4 Å². The Morgan fingerprint density at radius 1 is 1.33 bits per heavy atom. The van der Waals surface area contributed by atoms with Gasteiger partial charge in [-0.2, -0.15) is 5.10 Å². The number of nitrogens with zero attached hydrogens (tertiary/aromatic N) is 2. The number of carboxylic acid groups (broad SMARTS) is 1. The van der Waals surface area contributed by atoms with E-state index >= 15 is 0 Å². The number of hydrogen-bond donors (Lipinski definition) is 2. The summed E-state index contributed by atoms with van der Waals surface area (Å²) in [6, 6.07) is 3.14. The predicted octanol–water partition coefficient (Wildman–Crippen LogP) is 1.54. The summed E-state index contributed by atoms with van der Waals surface area (Å²) in [6.45, 7) is 3.40. The lowest BCUT2D eigenvalue weighted by Crippen LogP contribution is -2.16. The quantitative estimate of drug-likeness (QED) is 0.892. The van der Waals surface area contributed by atoms with Gasteiger partial charge in [0.2, 0.25) is 0 Å². The highest BCUT2D eigenvalue weighted by atomic mass is 32.2. The molecule has 0 bridgehead atoms. The lowest BCUT2D eigenvalue weighted by Gasteiger charge is -2.13. The number of carbonyl (C=O) groups is 1. The van der Waals surface area contributed by atoms with Crippen LogP contribution in [0.2, 0.25) is 0 Å². The van der Waals surface area contributed by atoms with Crippen molar-refractivity contribution < 1.29 is 18.3 Å². The fraction of sp³-hybridized carbons (Fsp3) is 0.231. The second-order valence-corrected chi connectivity index (χ2v) is 6.45. The number of aromatic nitrogens is 2. The number of aromatic carboxylic acids is 1. The fourth-order valence-electron chi connectivity index (χ4n) is 2.00. The third-order valence-electron chi connectivity index (χ3n) is 2.94. The Labute approximate surface area is 122 Å². The number of benzene rings is 1. The highest BCUT2D eigenvalue weighted by Gasteiger charge is 2.21. The van der Waals surface area contributed by atoms with E-state index < -0.39 is 16.0 Å². The van der Waals surface area contributed by atoms with Crippen molar-refractivity contribution in [2.24, 2.45) is 7.05 Å². The third kappa shape index (κ3) is 3.05. The molecular weight excluding hydrogens is 294 g/mol. The fourth-order valence-corrected chi connectivity index (χ4v) is 3.14. The van der Waals surface area contributed by atoms with E-state index in [9.17, 15) is 18.3 Å². The Morgan fingerprint density at radius 2 is 2.00 bits per heavy atom. The standard InChI is InChI=1S/C13H15N3O4S/c1-8-4-9(2)12(11(5-8)13(17)18)15-21(19,20)10-6-14-16(3)7-10/h4-7,15H,1-3H3,(H,17,18). The van der Waals surface area contributed by atoms with Gasteiger partial charge in [0.25, 0.3) is 10.0 Å². The number of nitrogens with one attached hydrogen (secondary N) is 1. The Kier molecular flexibility index (Phi) is 3.73. The molecule has 0 spiro atoms. The van der Waals surface area contributed by atoms with Crippen molar-refractivity contribution in [3.05, 3.63) is 41.2 Å². The minimum atomic E-state index is -3.88. The van der Waals surface area contributed by atoms with E-state index in [4.69, 9.17) is 0 Å². The molecule has 1 aromatic carbocycles. The Balaban J connectivity index is 2.51. The van der Waals surface area contributed by atoms with Crippen LogP contribution in [0.15, 0.2) is 29.4 Å². The van der Waals surface area contributed by atoms with E-state index in [1.54, 1.807) is 27.0 Å². The molecule has 0 amide bonds. The first-order chi connectivity index (χ1) is 9.70. The van der Waals surface area contributed by atoms with Crippen molar-refractivity contribution >= 4 is 21.7 Å². The summed E-state index contributed by atoms with van der Waals surface area (Å²) in [6.07, 6.45) is 2.54. The van der Waals surface area contributed by atoms with Crippen molar-refractivity contribution in [3.63, 3.8) is 0 Å².